The summed E-state index contributed by atoms with van der Waals surface area (Å²) in [4.78, 5) is 33.7. The van der Waals surface area contributed by atoms with Gasteiger partial charge in [0.15, 0.2) is 5.65 Å². The van der Waals surface area contributed by atoms with Crippen molar-refractivity contribution in [3.8, 4) is 23.1 Å². The average molecular weight is 680 g/mol. The summed E-state index contributed by atoms with van der Waals surface area (Å²) < 4.78 is 40.1. The lowest BCUT2D eigenvalue weighted by molar-refractivity contribution is -0.133. The van der Waals surface area contributed by atoms with Crippen LogP contribution in [0.3, 0.4) is 0 Å². The number of anilines is 1. The van der Waals surface area contributed by atoms with Crippen LogP contribution in [0.25, 0.3) is 16.9 Å². The van der Waals surface area contributed by atoms with E-state index < -0.39 is 17.9 Å². The zero-order chi connectivity index (χ0) is 33.8. The molecule has 3 aromatic heterocycles. The van der Waals surface area contributed by atoms with Crippen molar-refractivity contribution in [2.75, 3.05) is 38.2 Å². The van der Waals surface area contributed by atoms with E-state index in [0.29, 0.717) is 38.5 Å². The van der Waals surface area contributed by atoms with Gasteiger partial charge in [-0.25, -0.2) is 9.50 Å². The van der Waals surface area contributed by atoms with Crippen molar-refractivity contribution in [3.63, 3.8) is 0 Å². The van der Waals surface area contributed by atoms with Gasteiger partial charge in [0, 0.05) is 54.7 Å². The Kier molecular flexibility index (Phi) is 9.90. The Morgan fingerprint density at radius 3 is 2.75 bits per heavy atom. The zero-order valence-corrected chi connectivity index (χ0v) is 27.3. The van der Waals surface area contributed by atoms with Gasteiger partial charge in [-0.3, -0.25) is 14.3 Å². The number of nitrogens with one attached hydrogen (secondary N) is 2. The molecule has 0 unspecified atom stereocenters. The van der Waals surface area contributed by atoms with E-state index in [-0.39, 0.29) is 52.0 Å². The van der Waals surface area contributed by atoms with E-state index in [1.54, 1.807) is 35.5 Å². The molecule has 0 spiro atoms. The number of amides is 2. The first-order chi connectivity index (χ1) is 23.1. The number of piperidine rings is 1. The van der Waals surface area contributed by atoms with E-state index in [9.17, 15) is 23.6 Å². The van der Waals surface area contributed by atoms with Crippen LogP contribution in [0, 0.1) is 16.7 Å². The minimum atomic E-state index is -3.10. The number of alkyl halides is 2. The summed E-state index contributed by atoms with van der Waals surface area (Å²) in [5.41, 5.74) is 0.622. The highest BCUT2D eigenvalue weighted by molar-refractivity contribution is 8.00. The van der Waals surface area contributed by atoms with E-state index >= 15 is 0 Å². The molecule has 0 saturated carbocycles. The summed E-state index contributed by atoms with van der Waals surface area (Å²) in [5, 5.41) is 24.6. The molecule has 13 nitrogen and oxygen atoms in total. The van der Waals surface area contributed by atoms with Crippen LogP contribution in [-0.2, 0) is 16.1 Å². The first-order valence-electron chi connectivity index (χ1n) is 15.5. The molecule has 0 bridgehead atoms. The summed E-state index contributed by atoms with van der Waals surface area (Å²) in [6.45, 7) is 3.28. The summed E-state index contributed by atoms with van der Waals surface area (Å²) in [7, 11) is 0. The van der Waals surface area contributed by atoms with Gasteiger partial charge in [-0.05, 0) is 51.0 Å². The van der Waals surface area contributed by atoms with E-state index in [0.717, 1.165) is 17.7 Å². The highest BCUT2D eigenvalue weighted by atomic mass is 32.2. The number of thioether (sulfide) groups is 1. The number of aromatic nitrogens is 5. The number of hydrogen-bond donors (Lipinski definition) is 2. The second kappa shape index (κ2) is 14.3. The maximum atomic E-state index is 13.5. The molecular weight excluding hydrogens is 644 g/mol. The molecule has 1 aromatic carbocycles. The topological polar surface area (TPSA) is 152 Å². The van der Waals surface area contributed by atoms with Crippen LogP contribution in [0.4, 0.5) is 14.5 Å². The molecule has 4 aromatic rings. The first-order valence-corrected chi connectivity index (χ1v) is 16.4. The molecule has 0 aliphatic carbocycles. The molecule has 0 atom stereocenters. The molecule has 2 fully saturated rings. The third-order valence-electron chi connectivity index (χ3n) is 8.15. The Morgan fingerprint density at radius 2 is 2.04 bits per heavy atom. The quantitative estimate of drug-likeness (QED) is 0.224. The molecule has 5 heterocycles. The SMILES string of the molecule is CC(C)(C#N)CNC1CCN(C(=O)Cn2cc(NC(=O)c3cnn4cccnc34)c(-c3cc(SC4COC4)ccc3OC(F)F)n2)CC1. The Hall–Kier alpha value is -4.59. The van der Waals surface area contributed by atoms with Gasteiger partial charge in [0.2, 0.25) is 5.91 Å². The second-order valence-electron chi connectivity index (χ2n) is 12.3. The molecule has 48 heavy (non-hydrogen) atoms. The fourth-order valence-electron chi connectivity index (χ4n) is 5.42. The normalized spacial score (nSPS) is 15.8. The van der Waals surface area contributed by atoms with Crippen molar-refractivity contribution in [2.24, 2.45) is 5.41 Å². The molecular formula is C32H35F2N9O4S. The Balaban J connectivity index is 1.26. The van der Waals surface area contributed by atoms with E-state index in [1.165, 1.54) is 39.4 Å². The lowest BCUT2D eigenvalue weighted by Crippen LogP contribution is -2.47. The lowest BCUT2D eigenvalue weighted by atomic mass is 9.94. The number of carbonyl (C=O) groups excluding carboxylic acids is 2. The predicted molar refractivity (Wildman–Crippen MR) is 173 cm³/mol. The number of nitriles is 1. The maximum absolute atomic E-state index is 13.5. The summed E-state index contributed by atoms with van der Waals surface area (Å²) in [6.07, 6.45) is 7.56. The predicted octanol–water partition coefficient (Wildman–Crippen LogP) is 4.07. The van der Waals surface area contributed by atoms with Gasteiger partial charge in [0.05, 0.1) is 41.8 Å². The average Bonchev–Trinajstić information content (AvgIpc) is 3.66. The highest BCUT2D eigenvalue weighted by Gasteiger charge is 2.28. The Morgan fingerprint density at radius 1 is 1.25 bits per heavy atom. The summed E-state index contributed by atoms with van der Waals surface area (Å²) in [5.74, 6) is -0.848. The third kappa shape index (κ3) is 7.75. The number of ether oxygens (including phenoxy) is 2. The zero-order valence-electron chi connectivity index (χ0n) is 26.4. The number of likely N-dealkylation sites (tertiary alicyclic amines) is 1. The second-order valence-corrected chi connectivity index (χ2v) is 13.7. The van der Waals surface area contributed by atoms with Crippen LogP contribution in [0.2, 0.25) is 0 Å². The van der Waals surface area contributed by atoms with Crippen LogP contribution in [-0.4, -0.2) is 91.8 Å². The molecule has 252 valence electrons. The molecule has 2 aliphatic rings. The number of fused-ring (bicyclic) bond motifs is 1. The number of benzene rings is 1. The largest absolute Gasteiger partial charge is 0.434 e. The van der Waals surface area contributed by atoms with Crippen molar-refractivity contribution in [2.45, 2.75) is 56.0 Å². The van der Waals surface area contributed by atoms with Crippen LogP contribution in [0.5, 0.6) is 5.75 Å². The van der Waals surface area contributed by atoms with Gasteiger partial charge in [-0.2, -0.15) is 24.2 Å². The van der Waals surface area contributed by atoms with Crippen LogP contribution < -0.4 is 15.4 Å². The number of halogens is 2. The van der Waals surface area contributed by atoms with Gasteiger partial charge in [-0.1, -0.05) is 0 Å². The number of carbonyl (C=O) groups is 2. The molecule has 2 saturated heterocycles. The van der Waals surface area contributed by atoms with Gasteiger partial charge in [0.25, 0.3) is 5.91 Å². The van der Waals surface area contributed by atoms with Crippen molar-refractivity contribution < 1.29 is 27.8 Å². The fourth-order valence-corrected chi connectivity index (χ4v) is 6.47. The van der Waals surface area contributed by atoms with Crippen molar-refractivity contribution in [1.82, 2.24) is 34.6 Å². The van der Waals surface area contributed by atoms with Gasteiger partial charge < -0.3 is 25.0 Å². The number of rotatable bonds is 12. The van der Waals surface area contributed by atoms with Gasteiger partial charge in [0.1, 0.15) is 23.6 Å². The minimum absolute atomic E-state index is 0.127. The van der Waals surface area contributed by atoms with Crippen molar-refractivity contribution in [3.05, 3.63) is 54.6 Å². The summed E-state index contributed by atoms with van der Waals surface area (Å²) in [6, 6.07) is 8.99. The van der Waals surface area contributed by atoms with Crippen molar-refractivity contribution in [1.29, 1.82) is 5.26 Å². The monoisotopic (exact) mass is 679 g/mol. The fraction of sp³-hybridized carbons (Fsp3) is 0.438. The smallest absolute Gasteiger partial charge is 0.387 e. The molecule has 2 N–H and O–H groups in total. The van der Waals surface area contributed by atoms with E-state index in [1.807, 2.05) is 13.8 Å². The van der Waals surface area contributed by atoms with Crippen LogP contribution in [0.15, 0.2) is 53.9 Å². The van der Waals surface area contributed by atoms with Gasteiger partial charge >= 0.3 is 6.61 Å². The summed E-state index contributed by atoms with van der Waals surface area (Å²) >= 11 is 1.54. The maximum Gasteiger partial charge on any atom is 0.387 e. The lowest BCUT2D eigenvalue weighted by Gasteiger charge is -2.33. The molecule has 2 aliphatic heterocycles. The van der Waals surface area contributed by atoms with Gasteiger partial charge in [-0.15, -0.1) is 11.8 Å². The minimum Gasteiger partial charge on any atom is -0.434 e. The molecule has 2 amide bonds. The first kappa shape index (κ1) is 33.3. The Bertz CT molecular complexity index is 1830. The van der Waals surface area contributed by atoms with E-state index in [2.05, 4.69) is 31.9 Å². The van der Waals surface area contributed by atoms with Crippen molar-refractivity contribution >= 4 is 34.9 Å². The number of nitrogens with zero attached hydrogens (tertiary/aromatic N) is 7. The number of hydrogen-bond acceptors (Lipinski definition) is 10. The van der Waals surface area contributed by atoms with Crippen LogP contribution in [0.1, 0.15) is 37.0 Å². The molecule has 0 radical (unpaired) electrons. The van der Waals surface area contributed by atoms with E-state index in [4.69, 9.17) is 9.47 Å². The standard InChI is InChI=1S/C32H35F2N9O4S/c1-32(2,18-35)19-37-20-6-10-41(11-7-20)27(44)15-42-14-25(39-30(45)24-13-38-43-9-3-8-36-29(24)43)28(40-42)23-12-21(48-22-16-46-17-22)4-5-26(23)47-31(33)34/h3-5,8-9,12-14,20,22,31,37H,6-7,10-11,15-17,19H2,1-2H3,(H,39,45). The highest BCUT2D eigenvalue weighted by Crippen LogP contribution is 2.39. The third-order valence-corrected chi connectivity index (χ3v) is 9.28. The molecule has 6 rings (SSSR count). The van der Waals surface area contributed by atoms with Crippen LogP contribution >= 0.6 is 11.8 Å². The molecule has 16 heteroatoms. The Labute approximate surface area is 279 Å².